The highest BCUT2D eigenvalue weighted by Crippen LogP contribution is 2.31. The van der Waals surface area contributed by atoms with Crippen molar-refractivity contribution in [2.75, 3.05) is 23.3 Å². The lowest BCUT2D eigenvalue weighted by molar-refractivity contribution is -0.116. The molecule has 0 saturated heterocycles. The Morgan fingerprint density at radius 2 is 2.00 bits per heavy atom. The van der Waals surface area contributed by atoms with Crippen LogP contribution in [0.4, 0.5) is 11.4 Å². The molecule has 0 bridgehead atoms. The van der Waals surface area contributed by atoms with Crippen molar-refractivity contribution < 1.29 is 17.9 Å². The molecule has 0 radical (unpaired) electrons. The molecule has 3 rings (SSSR count). The highest BCUT2D eigenvalue weighted by molar-refractivity contribution is 7.92. The van der Waals surface area contributed by atoms with Crippen molar-refractivity contribution in [3.05, 3.63) is 48.0 Å². The average Bonchev–Trinajstić information content (AvgIpc) is 2.98. The second-order valence-corrected chi connectivity index (χ2v) is 7.23. The fourth-order valence-electron chi connectivity index (χ4n) is 2.77. The van der Waals surface area contributed by atoms with E-state index in [1.165, 1.54) is 26.2 Å². The second kappa shape index (κ2) is 6.16. The normalized spacial score (nSPS) is 13.5. The van der Waals surface area contributed by atoms with Crippen LogP contribution in [0.2, 0.25) is 0 Å². The Balaban J connectivity index is 1.87. The van der Waals surface area contributed by atoms with E-state index in [1.54, 1.807) is 35.2 Å². The number of carbonyl (C=O) groups excluding carboxylic acids is 1. The molecule has 6 nitrogen and oxygen atoms in total. The third-order valence-corrected chi connectivity index (χ3v) is 5.34. The van der Waals surface area contributed by atoms with Crippen LogP contribution in [0.5, 0.6) is 5.75 Å². The molecule has 2 aromatic carbocycles. The maximum atomic E-state index is 12.5. The Hall–Kier alpha value is -2.54. The standard InChI is InChI=1S/C17H18N2O4S/c1-12(20)19-9-8-13-10-14(6-7-17(13)19)18-24(21,22)16-5-3-4-15(11-16)23-2/h3-7,10-11,18H,8-9H2,1-2H3. The van der Waals surface area contributed by atoms with Gasteiger partial charge in [0.15, 0.2) is 0 Å². The fraction of sp³-hybridized carbons (Fsp3) is 0.235. The monoisotopic (exact) mass is 346 g/mol. The summed E-state index contributed by atoms with van der Waals surface area (Å²) in [6.07, 6.45) is 0.712. The number of benzene rings is 2. The third kappa shape index (κ3) is 3.07. The Labute approximate surface area is 141 Å². The van der Waals surface area contributed by atoms with Gasteiger partial charge in [-0.2, -0.15) is 0 Å². The number of nitrogens with zero attached hydrogens (tertiary/aromatic N) is 1. The van der Waals surface area contributed by atoms with Gasteiger partial charge in [0.2, 0.25) is 5.91 Å². The number of amides is 1. The molecular formula is C17H18N2O4S. The van der Waals surface area contributed by atoms with Gasteiger partial charge in [0.05, 0.1) is 12.0 Å². The number of rotatable bonds is 4. The van der Waals surface area contributed by atoms with Crippen LogP contribution in [0, 0.1) is 0 Å². The van der Waals surface area contributed by atoms with Crippen LogP contribution >= 0.6 is 0 Å². The van der Waals surface area contributed by atoms with E-state index in [4.69, 9.17) is 4.74 Å². The van der Waals surface area contributed by atoms with Crippen LogP contribution in [0.3, 0.4) is 0 Å². The number of ether oxygens (including phenoxy) is 1. The summed E-state index contributed by atoms with van der Waals surface area (Å²) in [5, 5.41) is 0. The molecule has 1 aliphatic rings. The number of hydrogen-bond donors (Lipinski definition) is 1. The van der Waals surface area contributed by atoms with Crippen molar-refractivity contribution in [1.82, 2.24) is 0 Å². The highest BCUT2D eigenvalue weighted by Gasteiger charge is 2.23. The van der Waals surface area contributed by atoms with E-state index in [0.717, 1.165) is 11.3 Å². The molecule has 1 N–H and O–H groups in total. The summed E-state index contributed by atoms with van der Waals surface area (Å²) in [6.45, 7) is 2.14. The summed E-state index contributed by atoms with van der Waals surface area (Å²) in [4.78, 5) is 13.4. The Kier molecular flexibility index (Phi) is 4.19. The minimum atomic E-state index is -3.70. The van der Waals surface area contributed by atoms with Crippen molar-refractivity contribution >= 4 is 27.3 Å². The van der Waals surface area contributed by atoms with E-state index in [0.29, 0.717) is 24.4 Å². The van der Waals surface area contributed by atoms with Crippen LogP contribution in [0.15, 0.2) is 47.4 Å². The second-order valence-electron chi connectivity index (χ2n) is 5.55. The first-order chi connectivity index (χ1) is 11.4. The van der Waals surface area contributed by atoms with Gasteiger partial charge in [-0.25, -0.2) is 8.42 Å². The number of carbonyl (C=O) groups is 1. The lowest BCUT2D eigenvalue weighted by atomic mass is 10.1. The van der Waals surface area contributed by atoms with Gasteiger partial charge in [-0.15, -0.1) is 0 Å². The highest BCUT2D eigenvalue weighted by atomic mass is 32.2. The first-order valence-electron chi connectivity index (χ1n) is 7.48. The van der Waals surface area contributed by atoms with Crippen molar-refractivity contribution in [3.8, 4) is 5.75 Å². The Morgan fingerprint density at radius 1 is 1.21 bits per heavy atom. The van der Waals surface area contributed by atoms with Crippen LogP contribution in [-0.2, 0) is 21.2 Å². The summed E-state index contributed by atoms with van der Waals surface area (Å²) in [6, 6.07) is 11.5. The maximum Gasteiger partial charge on any atom is 0.262 e. The molecule has 2 aromatic rings. The topological polar surface area (TPSA) is 75.7 Å². The first-order valence-corrected chi connectivity index (χ1v) is 8.97. The lowest BCUT2D eigenvalue weighted by Crippen LogP contribution is -2.25. The van der Waals surface area contributed by atoms with E-state index in [1.807, 2.05) is 0 Å². The summed E-state index contributed by atoms with van der Waals surface area (Å²) >= 11 is 0. The molecule has 0 unspecified atom stereocenters. The van der Waals surface area contributed by atoms with Crippen molar-refractivity contribution in [2.24, 2.45) is 0 Å². The minimum absolute atomic E-state index is 0.0153. The summed E-state index contributed by atoms with van der Waals surface area (Å²) < 4.78 is 32.7. The molecule has 1 heterocycles. The summed E-state index contributed by atoms with van der Waals surface area (Å²) in [5.74, 6) is 0.461. The zero-order chi connectivity index (χ0) is 17.3. The smallest absolute Gasteiger partial charge is 0.262 e. The average molecular weight is 346 g/mol. The molecule has 0 aromatic heterocycles. The van der Waals surface area contributed by atoms with E-state index < -0.39 is 10.0 Å². The minimum Gasteiger partial charge on any atom is -0.497 e. The van der Waals surface area contributed by atoms with Gasteiger partial charge in [0, 0.05) is 30.9 Å². The van der Waals surface area contributed by atoms with Gasteiger partial charge < -0.3 is 9.64 Å². The molecule has 0 atom stereocenters. The predicted octanol–water partition coefficient (Wildman–Crippen LogP) is 2.41. The van der Waals surface area contributed by atoms with E-state index in [2.05, 4.69) is 4.72 Å². The first kappa shape index (κ1) is 16.3. The van der Waals surface area contributed by atoms with Crippen LogP contribution in [-0.4, -0.2) is 28.0 Å². The fourth-order valence-corrected chi connectivity index (χ4v) is 3.86. The zero-order valence-electron chi connectivity index (χ0n) is 13.4. The van der Waals surface area contributed by atoms with Crippen LogP contribution < -0.4 is 14.4 Å². The van der Waals surface area contributed by atoms with Gasteiger partial charge in [-0.05, 0) is 42.3 Å². The number of nitrogens with one attached hydrogen (secondary N) is 1. The maximum absolute atomic E-state index is 12.5. The van der Waals surface area contributed by atoms with Crippen LogP contribution in [0.25, 0.3) is 0 Å². The van der Waals surface area contributed by atoms with Crippen molar-refractivity contribution in [3.63, 3.8) is 0 Å². The van der Waals surface area contributed by atoms with E-state index in [9.17, 15) is 13.2 Å². The molecule has 0 fully saturated rings. The van der Waals surface area contributed by atoms with Crippen molar-refractivity contribution in [1.29, 1.82) is 0 Å². The number of fused-ring (bicyclic) bond motifs is 1. The van der Waals surface area contributed by atoms with Gasteiger partial charge in [-0.1, -0.05) is 6.07 Å². The largest absolute Gasteiger partial charge is 0.497 e. The van der Waals surface area contributed by atoms with Crippen molar-refractivity contribution in [2.45, 2.75) is 18.2 Å². The number of sulfonamides is 1. The lowest BCUT2D eigenvalue weighted by Gasteiger charge is -2.15. The van der Waals surface area contributed by atoms with E-state index >= 15 is 0 Å². The SMILES string of the molecule is COc1cccc(S(=O)(=O)Nc2ccc3c(c2)CCN3C(C)=O)c1. The van der Waals surface area contributed by atoms with Crippen LogP contribution in [0.1, 0.15) is 12.5 Å². The molecule has 1 aliphatic heterocycles. The summed E-state index contributed by atoms with van der Waals surface area (Å²) in [5.41, 5.74) is 2.27. The molecule has 0 spiro atoms. The van der Waals surface area contributed by atoms with E-state index in [-0.39, 0.29) is 10.8 Å². The van der Waals surface area contributed by atoms with Gasteiger partial charge in [-0.3, -0.25) is 9.52 Å². The Morgan fingerprint density at radius 3 is 2.71 bits per heavy atom. The number of hydrogen-bond acceptors (Lipinski definition) is 4. The quantitative estimate of drug-likeness (QED) is 0.922. The molecular weight excluding hydrogens is 328 g/mol. The molecule has 0 saturated carbocycles. The number of methoxy groups -OCH3 is 1. The zero-order valence-corrected chi connectivity index (χ0v) is 14.3. The molecule has 0 aliphatic carbocycles. The Bertz CT molecular complexity index is 893. The molecule has 7 heteroatoms. The van der Waals surface area contributed by atoms with Gasteiger partial charge in [0.25, 0.3) is 10.0 Å². The molecule has 1 amide bonds. The predicted molar refractivity (Wildman–Crippen MR) is 92.0 cm³/mol. The van der Waals surface area contributed by atoms with Gasteiger partial charge >= 0.3 is 0 Å². The molecule has 126 valence electrons. The van der Waals surface area contributed by atoms with Gasteiger partial charge in [0.1, 0.15) is 5.75 Å². The summed E-state index contributed by atoms with van der Waals surface area (Å²) in [7, 11) is -2.22. The number of anilines is 2. The molecule has 24 heavy (non-hydrogen) atoms. The third-order valence-electron chi connectivity index (χ3n) is 3.96.